The first-order chi connectivity index (χ1) is 14.8. The highest BCUT2D eigenvalue weighted by molar-refractivity contribution is 6.30. The molecule has 0 amide bonds. The van der Waals surface area contributed by atoms with E-state index in [1.165, 1.54) is 0 Å². The minimum absolute atomic E-state index is 0.496. The van der Waals surface area contributed by atoms with Crippen LogP contribution in [0.4, 0.5) is 0 Å². The molecule has 5 aromatic rings. The van der Waals surface area contributed by atoms with E-state index in [1.807, 2.05) is 89.7 Å². The summed E-state index contributed by atoms with van der Waals surface area (Å²) in [7, 11) is 0. The molecular weight excluding hydrogens is 394 g/mol. The zero-order valence-electron chi connectivity index (χ0n) is 16.1. The number of benzene rings is 3. The Morgan fingerprint density at radius 3 is 2.33 bits per heavy atom. The third-order valence-corrected chi connectivity index (χ3v) is 5.21. The first-order valence-electron chi connectivity index (χ1n) is 9.64. The fraction of sp³-hybridized carbons (Fsp3) is 0.0400. The standard InChI is InChI=1S/C25H18ClN3O/c26-21-10-6-18(7-11-21)17-30-22-12-8-20(9-13-22)24-14-15-27-25-23(16-28-29(24)25)19-4-2-1-3-5-19/h1-16H,17H2. The van der Waals surface area contributed by atoms with E-state index >= 15 is 0 Å². The Hall–Kier alpha value is -3.63. The molecule has 2 aromatic heterocycles. The number of rotatable bonds is 5. The SMILES string of the molecule is Clc1ccc(COc2ccc(-c3ccnc4c(-c5ccccc5)cnn34)cc2)cc1. The van der Waals surface area contributed by atoms with E-state index in [4.69, 9.17) is 16.3 Å². The van der Waals surface area contributed by atoms with E-state index < -0.39 is 0 Å². The summed E-state index contributed by atoms with van der Waals surface area (Å²) in [6.07, 6.45) is 3.69. The van der Waals surface area contributed by atoms with Gasteiger partial charge < -0.3 is 4.74 Å². The van der Waals surface area contributed by atoms with Crippen LogP contribution in [0.5, 0.6) is 5.75 Å². The van der Waals surface area contributed by atoms with Gasteiger partial charge in [0.15, 0.2) is 5.65 Å². The second-order valence-corrected chi connectivity index (χ2v) is 7.37. The van der Waals surface area contributed by atoms with Gasteiger partial charge in [0.05, 0.1) is 11.9 Å². The summed E-state index contributed by atoms with van der Waals surface area (Å²) in [5, 5.41) is 5.31. The highest BCUT2D eigenvalue weighted by Crippen LogP contribution is 2.28. The van der Waals surface area contributed by atoms with Crippen molar-refractivity contribution in [1.82, 2.24) is 14.6 Å². The van der Waals surface area contributed by atoms with Gasteiger partial charge in [-0.05, 0) is 53.6 Å². The second kappa shape index (κ2) is 8.01. The van der Waals surface area contributed by atoms with E-state index in [0.29, 0.717) is 6.61 Å². The van der Waals surface area contributed by atoms with Crippen molar-refractivity contribution >= 4 is 17.2 Å². The number of ether oxygens (including phenoxy) is 1. The molecule has 0 aliphatic carbocycles. The quantitative estimate of drug-likeness (QED) is 0.341. The summed E-state index contributed by atoms with van der Waals surface area (Å²) in [6.45, 7) is 0.496. The highest BCUT2D eigenvalue weighted by atomic mass is 35.5. The van der Waals surface area contributed by atoms with Crippen molar-refractivity contribution in [3.8, 4) is 28.1 Å². The molecule has 0 bridgehead atoms. The molecule has 146 valence electrons. The van der Waals surface area contributed by atoms with Crippen molar-refractivity contribution in [3.63, 3.8) is 0 Å². The number of aromatic nitrogens is 3. The number of hydrogen-bond donors (Lipinski definition) is 0. The van der Waals surface area contributed by atoms with Gasteiger partial charge in [-0.3, -0.25) is 0 Å². The molecule has 2 heterocycles. The highest BCUT2D eigenvalue weighted by Gasteiger charge is 2.11. The Morgan fingerprint density at radius 2 is 1.57 bits per heavy atom. The average Bonchev–Trinajstić information content (AvgIpc) is 3.24. The van der Waals surface area contributed by atoms with Gasteiger partial charge in [-0.15, -0.1) is 0 Å². The molecule has 4 nitrogen and oxygen atoms in total. The van der Waals surface area contributed by atoms with Gasteiger partial charge in [-0.25, -0.2) is 9.50 Å². The molecule has 0 aliphatic rings. The van der Waals surface area contributed by atoms with Crippen LogP contribution in [0.2, 0.25) is 5.02 Å². The van der Waals surface area contributed by atoms with Gasteiger partial charge in [-0.2, -0.15) is 5.10 Å². The zero-order chi connectivity index (χ0) is 20.3. The Bertz CT molecular complexity index is 1280. The van der Waals surface area contributed by atoms with Crippen molar-refractivity contribution < 1.29 is 4.74 Å². The molecule has 5 rings (SSSR count). The number of nitrogens with zero attached hydrogens (tertiary/aromatic N) is 3. The maximum atomic E-state index is 5.93. The van der Waals surface area contributed by atoms with Crippen LogP contribution in [-0.2, 0) is 6.61 Å². The molecule has 3 aromatic carbocycles. The Kier molecular flexibility index (Phi) is 4.91. The molecule has 0 saturated heterocycles. The monoisotopic (exact) mass is 411 g/mol. The lowest BCUT2D eigenvalue weighted by Gasteiger charge is -2.09. The molecule has 0 saturated carbocycles. The van der Waals surface area contributed by atoms with E-state index in [-0.39, 0.29) is 0 Å². The van der Waals surface area contributed by atoms with E-state index in [9.17, 15) is 0 Å². The smallest absolute Gasteiger partial charge is 0.163 e. The van der Waals surface area contributed by atoms with Crippen LogP contribution in [-0.4, -0.2) is 14.6 Å². The van der Waals surface area contributed by atoms with E-state index in [0.717, 1.165) is 44.4 Å². The normalized spacial score (nSPS) is 11.0. The van der Waals surface area contributed by atoms with E-state index in [1.54, 1.807) is 0 Å². The second-order valence-electron chi connectivity index (χ2n) is 6.93. The molecular formula is C25H18ClN3O. The Balaban J connectivity index is 1.40. The summed E-state index contributed by atoms with van der Waals surface area (Å²) < 4.78 is 7.78. The van der Waals surface area contributed by atoms with Gasteiger partial charge in [0.1, 0.15) is 12.4 Å². The van der Waals surface area contributed by atoms with Crippen LogP contribution < -0.4 is 4.74 Å². The summed E-state index contributed by atoms with van der Waals surface area (Å²) in [5.74, 6) is 0.810. The van der Waals surface area contributed by atoms with Crippen LogP contribution in [0.15, 0.2) is 97.3 Å². The van der Waals surface area contributed by atoms with Crippen LogP contribution in [0.25, 0.3) is 28.0 Å². The molecule has 0 fully saturated rings. The van der Waals surface area contributed by atoms with Crippen molar-refractivity contribution in [2.24, 2.45) is 0 Å². The molecule has 30 heavy (non-hydrogen) atoms. The van der Waals surface area contributed by atoms with Gasteiger partial charge in [0, 0.05) is 22.3 Å². The molecule has 0 N–H and O–H groups in total. The molecule has 0 spiro atoms. The lowest BCUT2D eigenvalue weighted by atomic mass is 10.1. The number of fused-ring (bicyclic) bond motifs is 1. The Morgan fingerprint density at radius 1 is 0.800 bits per heavy atom. The fourth-order valence-electron chi connectivity index (χ4n) is 3.40. The van der Waals surface area contributed by atoms with Gasteiger partial charge in [0.25, 0.3) is 0 Å². The van der Waals surface area contributed by atoms with E-state index in [2.05, 4.69) is 22.2 Å². The molecule has 5 heteroatoms. The molecule has 0 unspecified atom stereocenters. The molecule has 0 aliphatic heterocycles. The van der Waals surface area contributed by atoms with Crippen LogP contribution in [0, 0.1) is 0 Å². The maximum absolute atomic E-state index is 5.93. The van der Waals surface area contributed by atoms with Crippen LogP contribution in [0.1, 0.15) is 5.56 Å². The van der Waals surface area contributed by atoms with Crippen LogP contribution in [0.3, 0.4) is 0 Å². The molecule has 0 atom stereocenters. The van der Waals surface area contributed by atoms with Crippen molar-refractivity contribution in [1.29, 1.82) is 0 Å². The van der Waals surface area contributed by atoms with Crippen molar-refractivity contribution in [3.05, 3.63) is 108 Å². The maximum Gasteiger partial charge on any atom is 0.163 e. The largest absolute Gasteiger partial charge is 0.489 e. The predicted molar refractivity (Wildman–Crippen MR) is 120 cm³/mol. The topological polar surface area (TPSA) is 39.4 Å². The van der Waals surface area contributed by atoms with Crippen LogP contribution >= 0.6 is 11.6 Å². The minimum Gasteiger partial charge on any atom is -0.489 e. The number of hydrogen-bond acceptors (Lipinski definition) is 3. The Labute approximate surface area is 179 Å². The summed E-state index contributed by atoms with van der Waals surface area (Å²) in [5.41, 5.74) is 6.05. The summed E-state index contributed by atoms with van der Waals surface area (Å²) in [6, 6.07) is 27.8. The summed E-state index contributed by atoms with van der Waals surface area (Å²) in [4.78, 5) is 4.56. The van der Waals surface area contributed by atoms with Crippen molar-refractivity contribution in [2.45, 2.75) is 6.61 Å². The van der Waals surface area contributed by atoms with Gasteiger partial charge in [0.2, 0.25) is 0 Å². The lowest BCUT2D eigenvalue weighted by Crippen LogP contribution is -1.97. The first-order valence-corrected chi connectivity index (χ1v) is 10.0. The van der Waals surface area contributed by atoms with Crippen molar-refractivity contribution in [2.75, 3.05) is 0 Å². The third kappa shape index (κ3) is 3.65. The zero-order valence-corrected chi connectivity index (χ0v) is 16.8. The average molecular weight is 412 g/mol. The number of halogens is 1. The predicted octanol–water partition coefficient (Wildman–Crippen LogP) is 6.30. The summed E-state index contributed by atoms with van der Waals surface area (Å²) >= 11 is 5.93. The fourth-order valence-corrected chi connectivity index (χ4v) is 3.53. The van der Waals surface area contributed by atoms with Gasteiger partial charge in [-0.1, -0.05) is 54.1 Å². The lowest BCUT2D eigenvalue weighted by molar-refractivity contribution is 0.306. The van der Waals surface area contributed by atoms with Gasteiger partial charge >= 0.3 is 0 Å². The minimum atomic E-state index is 0.496. The molecule has 0 radical (unpaired) electrons. The third-order valence-electron chi connectivity index (χ3n) is 4.95. The first kappa shape index (κ1) is 18.4.